The summed E-state index contributed by atoms with van der Waals surface area (Å²) in [7, 11) is 0. The molecule has 0 aliphatic carbocycles. The van der Waals surface area contributed by atoms with Crippen molar-refractivity contribution < 1.29 is 14.3 Å². The molecule has 0 spiro atoms. The summed E-state index contributed by atoms with van der Waals surface area (Å²) >= 11 is 0. The number of hydrogen-bond donors (Lipinski definition) is 2. The average Bonchev–Trinajstić information content (AvgIpc) is 3.13. The second-order valence-corrected chi connectivity index (χ2v) is 5.44. The molecule has 0 aromatic carbocycles. The highest BCUT2D eigenvalue weighted by Crippen LogP contribution is 2.15. The van der Waals surface area contributed by atoms with Gasteiger partial charge in [0.05, 0.1) is 19.0 Å². The van der Waals surface area contributed by atoms with Crippen LogP contribution in [0.2, 0.25) is 0 Å². The molecule has 1 aliphatic heterocycles. The van der Waals surface area contributed by atoms with Gasteiger partial charge in [-0.25, -0.2) is 4.98 Å². The number of carbonyl (C=O) groups is 1. The van der Waals surface area contributed by atoms with E-state index in [2.05, 4.69) is 20.3 Å². The maximum Gasteiger partial charge on any atom is 0.280 e. The zero-order chi connectivity index (χ0) is 16.2. The molecule has 0 saturated carbocycles. The molecule has 3 heterocycles. The molecular formula is C14H19N5O4. The SMILES string of the molecule is CC(=O)Nc1nc2c(ncn2COCCC2CCCO2)c(=O)[nH]1. The zero-order valence-electron chi connectivity index (χ0n) is 12.9. The van der Waals surface area contributed by atoms with Crippen LogP contribution in [0.25, 0.3) is 11.2 Å². The van der Waals surface area contributed by atoms with Crippen molar-refractivity contribution in [2.75, 3.05) is 18.5 Å². The summed E-state index contributed by atoms with van der Waals surface area (Å²) in [5, 5.41) is 2.46. The molecule has 23 heavy (non-hydrogen) atoms. The molecule has 1 aliphatic rings. The van der Waals surface area contributed by atoms with Crippen molar-refractivity contribution in [3.8, 4) is 0 Å². The Morgan fingerprint density at radius 1 is 1.61 bits per heavy atom. The van der Waals surface area contributed by atoms with Crippen molar-refractivity contribution in [3.63, 3.8) is 0 Å². The van der Waals surface area contributed by atoms with Gasteiger partial charge in [-0.2, -0.15) is 4.98 Å². The normalized spacial score (nSPS) is 17.7. The predicted octanol–water partition coefficient (Wildman–Crippen LogP) is 0.621. The third-order valence-corrected chi connectivity index (χ3v) is 3.61. The van der Waals surface area contributed by atoms with Gasteiger partial charge in [0.1, 0.15) is 6.73 Å². The van der Waals surface area contributed by atoms with Gasteiger partial charge in [0.15, 0.2) is 11.2 Å². The highest BCUT2D eigenvalue weighted by molar-refractivity contribution is 5.87. The maximum atomic E-state index is 11.9. The third-order valence-electron chi connectivity index (χ3n) is 3.61. The quantitative estimate of drug-likeness (QED) is 0.755. The van der Waals surface area contributed by atoms with Crippen LogP contribution in [0, 0.1) is 0 Å². The number of aromatic nitrogens is 4. The van der Waals surface area contributed by atoms with E-state index in [4.69, 9.17) is 9.47 Å². The molecule has 124 valence electrons. The van der Waals surface area contributed by atoms with Crippen molar-refractivity contribution in [2.45, 2.75) is 39.0 Å². The van der Waals surface area contributed by atoms with Crippen LogP contribution in [-0.2, 0) is 21.0 Å². The van der Waals surface area contributed by atoms with Crippen LogP contribution in [0.1, 0.15) is 26.2 Å². The number of aromatic amines is 1. The molecule has 1 atom stereocenters. The standard InChI is InChI=1S/C14H19N5O4/c1-9(20)16-14-17-12-11(13(21)18-14)15-7-19(12)8-22-6-4-10-3-2-5-23-10/h7,10H,2-6,8H2,1H3,(H2,16,17,18,20,21). The number of ether oxygens (including phenoxy) is 2. The smallest absolute Gasteiger partial charge is 0.280 e. The Kier molecular flexibility index (Phi) is 4.68. The van der Waals surface area contributed by atoms with Crippen LogP contribution < -0.4 is 10.9 Å². The minimum Gasteiger partial charge on any atom is -0.378 e. The van der Waals surface area contributed by atoms with Gasteiger partial charge < -0.3 is 9.47 Å². The predicted molar refractivity (Wildman–Crippen MR) is 82.0 cm³/mol. The van der Waals surface area contributed by atoms with Gasteiger partial charge in [-0.15, -0.1) is 0 Å². The maximum absolute atomic E-state index is 11.9. The van der Waals surface area contributed by atoms with Crippen LogP contribution in [0.15, 0.2) is 11.1 Å². The van der Waals surface area contributed by atoms with Crippen LogP contribution >= 0.6 is 0 Å². The van der Waals surface area contributed by atoms with Gasteiger partial charge >= 0.3 is 0 Å². The molecule has 9 nitrogen and oxygen atoms in total. The minimum atomic E-state index is -0.406. The lowest BCUT2D eigenvalue weighted by Crippen LogP contribution is -2.17. The molecule has 0 bridgehead atoms. The summed E-state index contributed by atoms with van der Waals surface area (Å²) in [6.45, 7) is 2.97. The van der Waals surface area contributed by atoms with Crippen molar-refractivity contribution in [1.82, 2.24) is 19.5 Å². The third kappa shape index (κ3) is 3.74. The number of hydrogen-bond acceptors (Lipinski definition) is 6. The van der Waals surface area contributed by atoms with E-state index in [9.17, 15) is 9.59 Å². The number of anilines is 1. The van der Waals surface area contributed by atoms with Crippen LogP contribution in [0.4, 0.5) is 5.95 Å². The van der Waals surface area contributed by atoms with Crippen molar-refractivity contribution in [2.24, 2.45) is 0 Å². The van der Waals surface area contributed by atoms with E-state index in [1.165, 1.54) is 13.3 Å². The van der Waals surface area contributed by atoms with Gasteiger partial charge in [0.25, 0.3) is 5.56 Å². The number of fused-ring (bicyclic) bond motifs is 1. The van der Waals surface area contributed by atoms with Crippen molar-refractivity contribution in [1.29, 1.82) is 0 Å². The lowest BCUT2D eigenvalue weighted by atomic mass is 10.2. The summed E-state index contributed by atoms with van der Waals surface area (Å²) in [6.07, 6.45) is 4.81. The molecule has 0 radical (unpaired) electrons. The summed E-state index contributed by atoms with van der Waals surface area (Å²) < 4.78 is 12.8. The molecule has 9 heteroatoms. The Bertz CT molecular complexity index is 747. The Labute approximate surface area is 132 Å². The van der Waals surface area contributed by atoms with E-state index in [1.54, 1.807) is 4.57 Å². The molecule has 2 aromatic heterocycles. The first-order valence-electron chi connectivity index (χ1n) is 7.55. The summed E-state index contributed by atoms with van der Waals surface area (Å²) in [6, 6.07) is 0. The minimum absolute atomic E-state index is 0.0936. The Morgan fingerprint density at radius 3 is 3.22 bits per heavy atom. The number of H-pyrrole nitrogens is 1. The van der Waals surface area contributed by atoms with E-state index in [0.29, 0.717) is 12.3 Å². The Morgan fingerprint density at radius 2 is 2.48 bits per heavy atom. The fraction of sp³-hybridized carbons (Fsp3) is 0.571. The van der Waals surface area contributed by atoms with Crippen molar-refractivity contribution in [3.05, 3.63) is 16.7 Å². The van der Waals surface area contributed by atoms with E-state index < -0.39 is 5.56 Å². The fourth-order valence-electron chi connectivity index (χ4n) is 2.52. The van der Waals surface area contributed by atoms with Crippen LogP contribution in [0.3, 0.4) is 0 Å². The molecule has 1 fully saturated rings. The first kappa shape index (κ1) is 15.6. The Hall–Kier alpha value is -2.26. The summed E-state index contributed by atoms with van der Waals surface area (Å²) in [4.78, 5) is 33.7. The summed E-state index contributed by atoms with van der Waals surface area (Å²) in [5.41, 5.74) is 0.174. The van der Waals surface area contributed by atoms with E-state index >= 15 is 0 Å². The summed E-state index contributed by atoms with van der Waals surface area (Å²) in [5.74, 6) is -0.220. The van der Waals surface area contributed by atoms with Gasteiger partial charge in [-0.3, -0.25) is 24.5 Å². The average molecular weight is 321 g/mol. The highest BCUT2D eigenvalue weighted by Gasteiger charge is 2.15. The van der Waals surface area contributed by atoms with E-state index in [1.807, 2.05) is 0 Å². The molecule has 1 unspecified atom stereocenters. The lowest BCUT2D eigenvalue weighted by Gasteiger charge is -2.10. The fourth-order valence-corrected chi connectivity index (χ4v) is 2.52. The monoisotopic (exact) mass is 321 g/mol. The topological polar surface area (TPSA) is 111 Å². The molecule has 1 amide bonds. The molecular weight excluding hydrogens is 302 g/mol. The zero-order valence-corrected chi connectivity index (χ0v) is 12.9. The number of nitrogens with zero attached hydrogens (tertiary/aromatic N) is 3. The van der Waals surface area contributed by atoms with E-state index in [-0.39, 0.29) is 30.2 Å². The van der Waals surface area contributed by atoms with Crippen LogP contribution in [0.5, 0.6) is 0 Å². The Balaban J connectivity index is 1.66. The second kappa shape index (κ2) is 6.88. The number of rotatable bonds is 6. The van der Waals surface area contributed by atoms with Gasteiger partial charge in [0, 0.05) is 13.5 Å². The van der Waals surface area contributed by atoms with Gasteiger partial charge in [0.2, 0.25) is 11.9 Å². The highest BCUT2D eigenvalue weighted by atomic mass is 16.5. The largest absolute Gasteiger partial charge is 0.378 e. The molecule has 1 saturated heterocycles. The van der Waals surface area contributed by atoms with Crippen LogP contribution in [-0.4, -0.2) is 44.7 Å². The first-order valence-corrected chi connectivity index (χ1v) is 7.55. The van der Waals surface area contributed by atoms with Crippen molar-refractivity contribution >= 4 is 23.0 Å². The number of nitrogens with one attached hydrogen (secondary N) is 2. The number of imidazole rings is 1. The molecule has 2 N–H and O–H groups in total. The first-order chi connectivity index (χ1) is 11.1. The van der Waals surface area contributed by atoms with Gasteiger partial charge in [-0.1, -0.05) is 0 Å². The number of amides is 1. The molecule has 2 aromatic rings. The van der Waals surface area contributed by atoms with Gasteiger partial charge in [-0.05, 0) is 19.3 Å². The van der Waals surface area contributed by atoms with E-state index in [0.717, 1.165) is 25.9 Å². The molecule has 3 rings (SSSR count). The second-order valence-electron chi connectivity index (χ2n) is 5.44. The lowest BCUT2D eigenvalue weighted by molar-refractivity contribution is -0.114. The number of carbonyl (C=O) groups excluding carboxylic acids is 1.